The first-order chi connectivity index (χ1) is 8.22. The molecule has 0 saturated carbocycles. The number of aliphatic hydroxyl groups excluding tert-OH is 1. The maximum atomic E-state index is 10.3. The van der Waals surface area contributed by atoms with E-state index in [1.807, 2.05) is 6.92 Å². The smallest absolute Gasteiger partial charge is 0.308 e. The van der Waals surface area contributed by atoms with Gasteiger partial charge in [0.2, 0.25) is 0 Å². The lowest BCUT2D eigenvalue weighted by Gasteiger charge is -2.10. The second-order valence-electron chi connectivity index (χ2n) is 3.42. The molecule has 0 heterocycles. The maximum Gasteiger partial charge on any atom is 0.308 e. The number of esters is 1. The third kappa shape index (κ3) is 3.75. The standard InChI is InChI=1S/C8H8O.C5H10O3/c1-2-9-8-5-6-3-4-7(6)8;1-2-8-5(7)3-4-6/h3-5H,2H2,1H3;6H,2-4H2,1H3. The van der Waals surface area contributed by atoms with Gasteiger partial charge < -0.3 is 14.6 Å². The molecule has 1 N–H and O–H groups in total. The third-order valence-corrected chi connectivity index (χ3v) is 2.21. The normalized spacial score (nSPS) is 10.1. The fraction of sp³-hybridized carbons (Fsp3) is 0.462. The van der Waals surface area contributed by atoms with Gasteiger partial charge in [0, 0.05) is 5.22 Å². The van der Waals surface area contributed by atoms with Crippen molar-refractivity contribution in [2.45, 2.75) is 20.3 Å². The SMILES string of the molecule is CCOC(=O)CCO.CCOc1cc2ccc1=2. The summed E-state index contributed by atoms with van der Waals surface area (Å²) < 4.78 is 9.75. The van der Waals surface area contributed by atoms with Crippen molar-refractivity contribution in [1.82, 2.24) is 0 Å². The van der Waals surface area contributed by atoms with Crippen molar-refractivity contribution in [3.63, 3.8) is 0 Å². The van der Waals surface area contributed by atoms with Crippen LogP contribution in [0.2, 0.25) is 0 Å². The molecule has 2 aliphatic carbocycles. The third-order valence-electron chi connectivity index (χ3n) is 2.21. The van der Waals surface area contributed by atoms with Gasteiger partial charge in [0.05, 0.1) is 26.2 Å². The molecule has 17 heavy (non-hydrogen) atoms. The predicted molar refractivity (Wildman–Crippen MR) is 63.6 cm³/mol. The van der Waals surface area contributed by atoms with E-state index < -0.39 is 0 Å². The lowest BCUT2D eigenvalue weighted by molar-refractivity contribution is -0.143. The van der Waals surface area contributed by atoms with E-state index >= 15 is 0 Å². The molecule has 0 aromatic rings. The maximum absolute atomic E-state index is 10.3. The summed E-state index contributed by atoms with van der Waals surface area (Å²) in [5, 5.41) is 10.8. The molecule has 0 amide bonds. The lowest BCUT2D eigenvalue weighted by atomic mass is 10.1. The monoisotopic (exact) mass is 238 g/mol. The topological polar surface area (TPSA) is 55.8 Å². The van der Waals surface area contributed by atoms with Crippen LogP contribution in [-0.4, -0.2) is 30.9 Å². The fourth-order valence-corrected chi connectivity index (χ4v) is 1.35. The van der Waals surface area contributed by atoms with Gasteiger partial charge in [-0.15, -0.1) is 0 Å². The van der Waals surface area contributed by atoms with Gasteiger partial charge in [-0.05, 0) is 25.1 Å². The quantitative estimate of drug-likeness (QED) is 0.804. The molecule has 0 aromatic heterocycles. The molecular formula is C13H18O4. The summed E-state index contributed by atoms with van der Waals surface area (Å²) in [5.41, 5.74) is 0. The largest absolute Gasteiger partial charge is 0.493 e. The van der Waals surface area contributed by atoms with Crippen LogP contribution in [0.1, 0.15) is 20.3 Å². The van der Waals surface area contributed by atoms with Crippen molar-refractivity contribution in [3.8, 4) is 5.75 Å². The number of carbonyl (C=O) groups is 1. The van der Waals surface area contributed by atoms with Gasteiger partial charge in [0.15, 0.2) is 0 Å². The van der Waals surface area contributed by atoms with Crippen LogP contribution in [0.3, 0.4) is 0 Å². The predicted octanol–water partition coefficient (Wildman–Crippen LogP) is 1.62. The van der Waals surface area contributed by atoms with E-state index in [4.69, 9.17) is 9.84 Å². The lowest BCUT2D eigenvalue weighted by Crippen LogP contribution is -2.05. The highest BCUT2D eigenvalue weighted by atomic mass is 16.5. The van der Waals surface area contributed by atoms with Gasteiger partial charge >= 0.3 is 5.97 Å². The molecule has 0 unspecified atom stereocenters. The molecule has 94 valence electrons. The summed E-state index contributed by atoms with van der Waals surface area (Å²) in [4.78, 5) is 10.3. The van der Waals surface area contributed by atoms with E-state index in [9.17, 15) is 4.79 Å². The average Bonchev–Trinajstić information content (AvgIpc) is 2.27. The Hall–Kier alpha value is -1.55. The van der Waals surface area contributed by atoms with Crippen molar-refractivity contribution in [2.75, 3.05) is 19.8 Å². The number of ether oxygens (including phenoxy) is 2. The van der Waals surface area contributed by atoms with Gasteiger partial charge in [0.25, 0.3) is 0 Å². The molecule has 4 nitrogen and oxygen atoms in total. The number of aliphatic hydroxyl groups is 1. The highest BCUT2D eigenvalue weighted by Crippen LogP contribution is 2.23. The van der Waals surface area contributed by atoms with Gasteiger partial charge in [-0.2, -0.15) is 0 Å². The van der Waals surface area contributed by atoms with Crippen LogP contribution in [-0.2, 0) is 9.53 Å². The van der Waals surface area contributed by atoms with E-state index in [2.05, 4.69) is 22.9 Å². The number of hydrogen-bond donors (Lipinski definition) is 1. The highest BCUT2D eigenvalue weighted by Gasteiger charge is 2.04. The zero-order valence-corrected chi connectivity index (χ0v) is 10.2. The van der Waals surface area contributed by atoms with Crippen LogP contribution >= 0.6 is 0 Å². The van der Waals surface area contributed by atoms with Crippen LogP contribution in [0.15, 0.2) is 18.2 Å². The van der Waals surface area contributed by atoms with E-state index in [1.54, 1.807) is 6.92 Å². The molecule has 0 bridgehead atoms. The molecule has 4 heteroatoms. The van der Waals surface area contributed by atoms with E-state index in [1.165, 1.54) is 10.4 Å². The van der Waals surface area contributed by atoms with E-state index in [-0.39, 0.29) is 19.0 Å². The zero-order valence-electron chi connectivity index (χ0n) is 10.2. The van der Waals surface area contributed by atoms with Crippen molar-refractivity contribution < 1.29 is 19.4 Å². The highest BCUT2D eigenvalue weighted by molar-refractivity contribution is 5.69. The Morgan fingerprint density at radius 1 is 1.29 bits per heavy atom. The number of benzene rings is 1. The number of rotatable bonds is 5. The van der Waals surface area contributed by atoms with Crippen molar-refractivity contribution in [1.29, 1.82) is 0 Å². The molecular weight excluding hydrogens is 220 g/mol. The summed E-state index contributed by atoms with van der Waals surface area (Å²) in [6.07, 6.45) is 0.105. The van der Waals surface area contributed by atoms with Crippen LogP contribution in [0.5, 0.6) is 5.75 Å². The first-order valence-electron chi connectivity index (χ1n) is 5.76. The Kier molecular flexibility index (Phi) is 5.49. The van der Waals surface area contributed by atoms with Crippen LogP contribution in [0, 0.1) is 10.4 Å². The summed E-state index contributed by atoms with van der Waals surface area (Å²) in [5.74, 6) is 0.727. The Balaban J connectivity index is 0.000000172. The molecule has 0 saturated heterocycles. The van der Waals surface area contributed by atoms with Crippen LogP contribution < -0.4 is 4.74 Å². The van der Waals surface area contributed by atoms with Crippen molar-refractivity contribution in [2.24, 2.45) is 0 Å². The molecule has 0 aliphatic heterocycles. The Morgan fingerprint density at radius 3 is 2.41 bits per heavy atom. The minimum atomic E-state index is -0.338. The second kappa shape index (κ2) is 6.91. The average molecular weight is 238 g/mol. The summed E-state index contributed by atoms with van der Waals surface area (Å²) in [6.45, 7) is 4.77. The fourth-order valence-electron chi connectivity index (χ4n) is 1.35. The Bertz CT molecular complexity index is 445. The Labute approximate surface area is 100 Å². The van der Waals surface area contributed by atoms with E-state index in [0.717, 1.165) is 12.4 Å². The number of carbonyl (C=O) groups excluding carboxylic acids is 1. The van der Waals surface area contributed by atoms with E-state index in [0.29, 0.717) is 6.61 Å². The minimum Gasteiger partial charge on any atom is -0.493 e. The molecule has 0 atom stereocenters. The summed E-state index contributed by atoms with van der Waals surface area (Å²) in [7, 11) is 0. The van der Waals surface area contributed by atoms with Gasteiger partial charge in [0.1, 0.15) is 5.75 Å². The molecule has 2 rings (SSSR count). The number of hydrogen-bond acceptors (Lipinski definition) is 4. The summed E-state index contributed by atoms with van der Waals surface area (Å²) >= 11 is 0. The Morgan fingerprint density at radius 2 is 2.06 bits per heavy atom. The first kappa shape index (κ1) is 13.5. The van der Waals surface area contributed by atoms with Crippen molar-refractivity contribution >= 4 is 5.97 Å². The second-order valence-corrected chi connectivity index (χ2v) is 3.42. The molecule has 0 spiro atoms. The molecule has 2 aliphatic rings. The van der Waals surface area contributed by atoms with Gasteiger partial charge in [-0.25, -0.2) is 0 Å². The minimum absolute atomic E-state index is 0.105. The summed E-state index contributed by atoms with van der Waals surface area (Å²) in [6, 6.07) is 6.25. The van der Waals surface area contributed by atoms with Crippen LogP contribution in [0.4, 0.5) is 0 Å². The van der Waals surface area contributed by atoms with Gasteiger partial charge in [-0.3, -0.25) is 4.79 Å². The van der Waals surface area contributed by atoms with Crippen LogP contribution in [0.25, 0.3) is 0 Å². The molecule has 0 fully saturated rings. The zero-order chi connectivity index (χ0) is 12.7. The first-order valence-corrected chi connectivity index (χ1v) is 5.76. The molecule has 0 aromatic carbocycles. The van der Waals surface area contributed by atoms with Crippen molar-refractivity contribution in [3.05, 3.63) is 28.6 Å². The molecule has 0 radical (unpaired) electrons. The van der Waals surface area contributed by atoms with Gasteiger partial charge in [-0.1, -0.05) is 12.1 Å².